The van der Waals surface area contributed by atoms with Gasteiger partial charge in [-0.15, -0.1) is 0 Å². The molecule has 4 aliphatic rings. The Morgan fingerprint density at radius 2 is 1.67 bits per heavy atom. The van der Waals surface area contributed by atoms with Gasteiger partial charge in [-0.2, -0.15) is 0 Å². The number of hydrogen-bond donors (Lipinski definition) is 1. The van der Waals surface area contributed by atoms with E-state index in [0.717, 1.165) is 38.5 Å². The number of carbonyl (C=O) groups is 5. The van der Waals surface area contributed by atoms with Crippen LogP contribution in [0.3, 0.4) is 0 Å². The number of benzene rings is 1. The van der Waals surface area contributed by atoms with Gasteiger partial charge >= 0.3 is 0 Å². The Hall–Kier alpha value is -3.47. The predicted octanol–water partition coefficient (Wildman–Crippen LogP) is 6.64. The maximum atomic E-state index is 14.7. The van der Waals surface area contributed by atoms with Crippen molar-refractivity contribution in [1.82, 2.24) is 10.2 Å². The normalized spacial score (nSPS) is 23.1. The maximum absolute atomic E-state index is 14.7. The van der Waals surface area contributed by atoms with E-state index in [2.05, 4.69) is 10.5 Å². The second kappa shape index (κ2) is 16.7. The molecule has 2 aliphatic carbocycles. The summed E-state index contributed by atoms with van der Waals surface area (Å²) in [5.41, 5.74) is -0.587. The molecule has 5 rings (SSSR count). The summed E-state index contributed by atoms with van der Waals surface area (Å²) in [5, 5.41) is 7.85. The lowest BCUT2D eigenvalue weighted by atomic mass is 9.83. The Balaban J connectivity index is 1.42. The molecule has 1 spiro atoms. The molecule has 2 aliphatic heterocycles. The number of nitrogens with zero attached hydrogens (tertiary/aromatic N) is 2. The van der Waals surface area contributed by atoms with Crippen molar-refractivity contribution < 1.29 is 38.3 Å². The van der Waals surface area contributed by atoms with Gasteiger partial charge in [-0.25, -0.2) is 0 Å². The summed E-state index contributed by atoms with van der Waals surface area (Å²) in [4.78, 5) is 76.5. The van der Waals surface area contributed by atoms with Gasteiger partial charge < -0.3 is 24.5 Å². The summed E-state index contributed by atoms with van der Waals surface area (Å²) in [6, 6.07) is 1.50. The van der Waals surface area contributed by atoms with Crippen molar-refractivity contribution in [2.24, 2.45) is 28.3 Å². The summed E-state index contributed by atoms with van der Waals surface area (Å²) in [6.45, 7) is 7.65. The molecule has 3 fully saturated rings. The molecular formula is C40H56ClN3O8. The van der Waals surface area contributed by atoms with Crippen LogP contribution in [0.25, 0.3) is 0 Å². The molecule has 2 heterocycles. The Morgan fingerprint density at radius 3 is 2.29 bits per heavy atom. The monoisotopic (exact) mass is 741 g/mol. The van der Waals surface area contributed by atoms with Gasteiger partial charge in [-0.05, 0) is 55.4 Å². The van der Waals surface area contributed by atoms with E-state index >= 15 is 0 Å². The first-order valence-corrected chi connectivity index (χ1v) is 19.4. The van der Waals surface area contributed by atoms with Gasteiger partial charge in [0.15, 0.2) is 17.2 Å². The molecular weight excluding hydrogens is 686 g/mol. The number of Topliss-reactive ketones (excluding diaryl/α,β-unsaturated/α-hetero) is 3. The summed E-state index contributed by atoms with van der Waals surface area (Å²) < 4.78 is 11.0. The van der Waals surface area contributed by atoms with Crippen molar-refractivity contribution in [3.8, 4) is 11.5 Å². The maximum Gasteiger partial charge on any atom is 0.246 e. The fourth-order valence-corrected chi connectivity index (χ4v) is 8.31. The topological polar surface area (TPSA) is 141 Å². The molecule has 0 aromatic heterocycles. The average Bonchev–Trinajstić information content (AvgIpc) is 3.71. The van der Waals surface area contributed by atoms with Gasteiger partial charge in [0.1, 0.15) is 17.5 Å². The van der Waals surface area contributed by atoms with Gasteiger partial charge in [-0.1, -0.05) is 70.1 Å². The zero-order valence-corrected chi connectivity index (χ0v) is 32.4. The van der Waals surface area contributed by atoms with Crippen molar-refractivity contribution >= 4 is 46.5 Å². The predicted molar refractivity (Wildman–Crippen MR) is 198 cm³/mol. The summed E-state index contributed by atoms with van der Waals surface area (Å²) in [6.07, 6.45) is 9.11. The number of likely N-dealkylation sites (tertiary alicyclic amines) is 1. The van der Waals surface area contributed by atoms with Gasteiger partial charge in [0.25, 0.3) is 0 Å². The Morgan fingerprint density at radius 1 is 1.00 bits per heavy atom. The number of methoxy groups -OCH3 is 2. The van der Waals surface area contributed by atoms with Gasteiger partial charge in [-0.3, -0.25) is 24.0 Å². The summed E-state index contributed by atoms with van der Waals surface area (Å²) in [5.74, 6) is -1.08. The Bertz CT molecular complexity index is 1560. The Kier molecular flexibility index (Phi) is 12.7. The SMILES string of the molecule is CCC[C@@H](CC(=O)[C@@H]1C[C@]2(CC(c3cc(Cl)c(OC)cc3OC)=NO2)CN1C(=O)[C@@H](NC(=O)CC1CCCCC1)C(C)(C)C)C(=O)C(=O)CC1CC1. The third-order valence-electron chi connectivity index (χ3n) is 11.2. The molecule has 0 radical (unpaired) electrons. The minimum absolute atomic E-state index is 0.0412. The highest BCUT2D eigenvalue weighted by atomic mass is 35.5. The van der Waals surface area contributed by atoms with E-state index in [4.69, 9.17) is 25.9 Å². The van der Waals surface area contributed by atoms with E-state index in [1.54, 1.807) is 12.1 Å². The van der Waals surface area contributed by atoms with Crippen LogP contribution in [0.15, 0.2) is 17.3 Å². The van der Waals surface area contributed by atoms with Crippen molar-refractivity contribution in [3.63, 3.8) is 0 Å². The molecule has 2 saturated carbocycles. The number of ether oxygens (including phenoxy) is 2. The number of amides is 2. The molecule has 1 aromatic carbocycles. The number of nitrogens with one attached hydrogen (secondary N) is 1. The quantitative estimate of drug-likeness (QED) is 0.186. The second-order valence-corrected chi connectivity index (χ2v) is 16.9. The van der Waals surface area contributed by atoms with Crippen LogP contribution in [0.1, 0.15) is 123 Å². The van der Waals surface area contributed by atoms with E-state index in [0.29, 0.717) is 47.1 Å². The van der Waals surface area contributed by atoms with Crippen LogP contribution in [0.5, 0.6) is 11.5 Å². The van der Waals surface area contributed by atoms with E-state index in [-0.39, 0.29) is 61.7 Å². The lowest BCUT2D eigenvalue weighted by Gasteiger charge is -2.36. The van der Waals surface area contributed by atoms with E-state index in [1.165, 1.54) is 25.5 Å². The molecule has 286 valence electrons. The molecule has 11 nitrogen and oxygen atoms in total. The van der Waals surface area contributed by atoms with Crippen LogP contribution in [0.2, 0.25) is 5.02 Å². The van der Waals surface area contributed by atoms with Crippen LogP contribution in [-0.2, 0) is 28.8 Å². The van der Waals surface area contributed by atoms with Gasteiger partial charge in [0, 0.05) is 49.7 Å². The smallest absolute Gasteiger partial charge is 0.246 e. The number of halogens is 1. The number of carbonyl (C=O) groups excluding carboxylic acids is 5. The van der Waals surface area contributed by atoms with Crippen LogP contribution in [-0.4, -0.2) is 78.2 Å². The van der Waals surface area contributed by atoms with Gasteiger partial charge in [0.05, 0.1) is 37.5 Å². The zero-order chi connectivity index (χ0) is 37.8. The van der Waals surface area contributed by atoms with Crippen molar-refractivity contribution in [3.05, 3.63) is 22.7 Å². The molecule has 52 heavy (non-hydrogen) atoms. The van der Waals surface area contributed by atoms with Crippen LogP contribution >= 0.6 is 11.6 Å². The highest BCUT2D eigenvalue weighted by Gasteiger charge is 2.55. The first kappa shape index (κ1) is 39.7. The average molecular weight is 742 g/mol. The van der Waals surface area contributed by atoms with Crippen LogP contribution < -0.4 is 14.8 Å². The first-order chi connectivity index (χ1) is 24.7. The molecule has 0 unspecified atom stereocenters. The largest absolute Gasteiger partial charge is 0.496 e. The summed E-state index contributed by atoms with van der Waals surface area (Å²) in [7, 11) is 3.04. The molecule has 2 amide bonds. The molecule has 0 bridgehead atoms. The van der Waals surface area contributed by atoms with E-state index in [9.17, 15) is 24.0 Å². The minimum Gasteiger partial charge on any atom is -0.496 e. The number of ketones is 3. The summed E-state index contributed by atoms with van der Waals surface area (Å²) >= 11 is 6.49. The number of rotatable bonds is 16. The lowest BCUT2D eigenvalue weighted by molar-refractivity contribution is -0.145. The van der Waals surface area contributed by atoms with Crippen molar-refractivity contribution in [2.45, 2.75) is 135 Å². The number of oxime groups is 1. The third kappa shape index (κ3) is 9.36. The fraction of sp³-hybridized carbons (Fsp3) is 0.700. The molecule has 12 heteroatoms. The first-order valence-electron chi connectivity index (χ1n) is 19.0. The zero-order valence-electron chi connectivity index (χ0n) is 31.7. The molecule has 4 atom stereocenters. The molecule has 1 N–H and O–H groups in total. The molecule has 1 aromatic rings. The van der Waals surface area contributed by atoms with E-state index in [1.807, 2.05) is 27.7 Å². The van der Waals surface area contributed by atoms with Crippen molar-refractivity contribution in [1.29, 1.82) is 0 Å². The van der Waals surface area contributed by atoms with E-state index < -0.39 is 40.6 Å². The highest BCUT2D eigenvalue weighted by Crippen LogP contribution is 2.43. The van der Waals surface area contributed by atoms with Crippen LogP contribution in [0.4, 0.5) is 0 Å². The highest BCUT2D eigenvalue weighted by molar-refractivity contribution is 6.38. The standard InChI is InChI=1S/C40H56ClN3O8/c1-7-11-26(36(48)32(46)16-25-14-15-25)18-31(45)30-22-40(21-29(43-52-40)27-19-28(41)34(51-6)20-33(27)50-5)23-44(30)38(49)37(39(2,3)4)42-35(47)17-24-12-9-8-10-13-24/h19-20,24-26,30,37H,7-18,21-23H2,1-6H3,(H,42,47)/t26-,30-,37+,40+/m0/s1. The van der Waals surface area contributed by atoms with Gasteiger partial charge in [0.2, 0.25) is 17.6 Å². The third-order valence-corrected chi connectivity index (χ3v) is 11.5. The number of hydrogen-bond acceptors (Lipinski definition) is 9. The minimum atomic E-state index is -1.05. The molecule has 1 saturated heterocycles. The fourth-order valence-electron chi connectivity index (χ4n) is 8.07. The second-order valence-electron chi connectivity index (χ2n) is 16.5. The lowest BCUT2D eigenvalue weighted by Crippen LogP contribution is -2.57. The Labute approximate surface area is 312 Å². The van der Waals surface area contributed by atoms with Crippen LogP contribution in [0, 0.1) is 23.2 Å². The van der Waals surface area contributed by atoms with Crippen molar-refractivity contribution in [2.75, 3.05) is 20.8 Å².